The van der Waals surface area contributed by atoms with Gasteiger partial charge in [-0.2, -0.15) is 0 Å². The first-order valence-electron chi connectivity index (χ1n) is 10.9. The number of carbonyl (C=O) groups is 1. The second-order valence-electron chi connectivity index (χ2n) is 7.48. The molecule has 1 atom stereocenters. The number of nitrogens with one attached hydrogen (secondary N) is 1. The van der Waals surface area contributed by atoms with E-state index in [0.29, 0.717) is 46.1 Å². The Morgan fingerprint density at radius 3 is 2.43 bits per heavy atom. The Morgan fingerprint density at radius 1 is 1.00 bits per heavy atom. The molecule has 0 fully saturated rings. The molecule has 4 rings (SSSR count). The third kappa shape index (κ3) is 5.55. The SMILES string of the molecule is CCC(OC(=O)Nc1ccc(Oc2ncnc3cc(OC)c(OC)cc23)cc1Cl)c1ccccc1. The molecule has 0 bridgehead atoms. The zero-order valence-electron chi connectivity index (χ0n) is 19.4. The summed E-state index contributed by atoms with van der Waals surface area (Å²) < 4.78 is 22.3. The molecule has 0 saturated carbocycles. The van der Waals surface area contributed by atoms with E-state index < -0.39 is 6.09 Å². The monoisotopic (exact) mass is 493 g/mol. The fourth-order valence-electron chi connectivity index (χ4n) is 3.54. The number of anilines is 1. The standard InChI is InChI=1S/C26H24ClN3O5/c1-4-22(16-8-6-5-7-9-16)35-26(31)30-20-11-10-17(12-19(20)27)34-25-18-13-23(32-2)24(33-3)14-21(18)28-15-29-25/h5-15,22H,4H2,1-3H3,(H,30,31). The van der Waals surface area contributed by atoms with E-state index in [-0.39, 0.29) is 11.1 Å². The molecule has 0 spiro atoms. The number of hydrogen-bond donors (Lipinski definition) is 1. The lowest BCUT2D eigenvalue weighted by Crippen LogP contribution is -2.17. The Labute approximate surface area is 207 Å². The quantitative estimate of drug-likeness (QED) is 0.289. The molecule has 8 nitrogen and oxygen atoms in total. The minimum absolute atomic E-state index is 0.282. The van der Waals surface area contributed by atoms with Crippen LogP contribution in [0.3, 0.4) is 0 Å². The number of aromatic nitrogens is 2. The topological polar surface area (TPSA) is 91.8 Å². The average Bonchev–Trinajstić information content (AvgIpc) is 2.88. The molecule has 4 aromatic rings. The molecule has 3 aromatic carbocycles. The number of halogens is 1. The third-order valence-electron chi connectivity index (χ3n) is 5.29. The van der Waals surface area contributed by atoms with Gasteiger partial charge in [0.2, 0.25) is 5.88 Å². The third-order valence-corrected chi connectivity index (χ3v) is 5.60. The number of ether oxygens (including phenoxy) is 4. The zero-order valence-corrected chi connectivity index (χ0v) is 20.2. The summed E-state index contributed by atoms with van der Waals surface area (Å²) in [5, 5.41) is 3.61. The summed E-state index contributed by atoms with van der Waals surface area (Å²) in [6.45, 7) is 1.95. The number of nitrogens with zero attached hydrogens (tertiary/aromatic N) is 2. The molecule has 1 amide bonds. The van der Waals surface area contributed by atoms with Crippen LogP contribution in [0.2, 0.25) is 5.02 Å². The number of benzene rings is 3. The summed E-state index contributed by atoms with van der Waals surface area (Å²) >= 11 is 6.41. The summed E-state index contributed by atoms with van der Waals surface area (Å²) in [7, 11) is 3.10. The highest BCUT2D eigenvalue weighted by molar-refractivity contribution is 6.33. The van der Waals surface area contributed by atoms with Crippen molar-refractivity contribution in [1.82, 2.24) is 9.97 Å². The second kappa shape index (κ2) is 10.9. The molecule has 180 valence electrons. The lowest BCUT2D eigenvalue weighted by molar-refractivity contribution is 0.108. The van der Waals surface area contributed by atoms with Gasteiger partial charge in [0.25, 0.3) is 0 Å². The van der Waals surface area contributed by atoms with Crippen molar-refractivity contribution in [3.05, 3.63) is 77.6 Å². The van der Waals surface area contributed by atoms with E-state index in [4.69, 9.17) is 30.5 Å². The van der Waals surface area contributed by atoms with Crippen molar-refractivity contribution >= 4 is 34.3 Å². The molecule has 1 heterocycles. The first-order valence-corrected chi connectivity index (χ1v) is 11.3. The van der Waals surface area contributed by atoms with Gasteiger partial charge in [0.1, 0.15) is 18.2 Å². The average molecular weight is 494 g/mol. The maximum Gasteiger partial charge on any atom is 0.412 e. The van der Waals surface area contributed by atoms with Gasteiger partial charge in [-0.05, 0) is 30.2 Å². The van der Waals surface area contributed by atoms with Crippen molar-refractivity contribution in [1.29, 1.82) is 0 Å². The van der Waals surface area contributed by atoms with Crippen molar-refractivity contribution in [2.75, 3.05) is 19.5 Å². The van der Waals surface area contributed by atoms with Gasteiger partial charge >= 0.3 is 6.09 Å². The van der Waals surface area contributed by atoms with Crippen LogP contribution in [-0.2, 0) is 4.74 Å². The molecule has 1 N–H and O–H groups in total. The first-order chi connectivity index (χ1) is 17.0. The molecule has 1 unspecified atom stereocenters. The van der Waals surface area contributed by atoms with Crippen molar-refractivity contribution in [2.24, 2.45) is 0 Å². The van der Waals surface area contributed by atoms with Gasteiger partial charge in [-0.25, -0.2) is 14.8 Å². The highest BCUT2D eigenvalue weighted by Crippen LogP contribution is 2.37. The van der Waals surface area contributed by atoms with E-state index >= 15 is 0 Å². The van der Waals surface area contributed by atoms with Gasteiger partial charge in [0.05, 0.1) is 35.8 Å². The number of methoxy groups -OCH3 is 2. The van der Waals surface area contributed by atoms with Crippen molar-refractivity contribution in [3.63, 3.8) is 0 Å². The van der Waals surface area contributed by atoms with Gasteiger partial charge in [0, 0.05) is 12.1 Å². The minimum atomic E-state index is -0.598. The largest absolute Gasteiger partial charge is 0.493 e. The molecule has 0 radical (unpaired) electrons. The summed E-state index contributed by atoms with van der Waals surface area (Å²) in [5.41, 5.74) is 1.95. The van der Waals surface area contributed by atoms with Gasteiger partial charge in [-0.15, -0.1) is 0 Å². The second-order valence-corrected chi connectivity index (χ2v) is 7.89. The smallest absolute Gasteiger partial charge is 0.412 e. The molecular formula is C26H24ClN3O5. The van der Waals surface area contributed by atoms with Crippen LogP contribution >= 0.6 is 11.6 Å². The highest BCUT2D eigenvalue weighted by Gasteiger charge is 2.17. The Hall–Kier alpha value is -4.04. The van der Waals surface area contributed by atoms with Crippen LogP contribution in [0, 0.1) is 0 Å². The Bertz CT molecular complexity index is 1330. The van der Waals surface area contributed by atoms with Crippen LogP contribution in [0.4, 0.5) is 10.5 Å². The predicted octanol–water partition coefficient (Wildman–Crippen LogP) is 6.79. The lowest BCUT2D eigenvalue weighted by Gasteiger charge is -2.17. The van der Waals surface area contributed by atoms with Crippen LogP contribution in [0.5, 0.6) is 23.1 Å². The summed E-state index contributed by atoms with van der Waals surface area (Å²) in [5.74, 6) is 1.82. The molecule has 0 aliphatic rings. The molecule has 0 saturated heterocycles. The van der Waals surface area contributed by atoms with Gasteiger partial charge in [-0.1, -0.05) is 48.9 Å². The summed E-state index contributed by atoms with van der Waals surface area (Å²) in [6, 6.07) is 17.9. The van der Waals surface area contributed by atoms with Crippen molar-refractivity contribution < 1.29 is 23.7 Å². The van der Waals surface area contributed by atoms with Gasteiger partial charge < -0.3 is 18.9 Å². The Kier molecular flexibility index (Phi) is 7.52. The van der Waals surface area contributed by atoms with Crippen LogP contribution in [0.15, 0.2) is 67.0 Å². The molecule has 9 heteroatoms. The number of rotatable bonds is 8. The first kappa shape index (κ1) is 24.1. The maximum absolute atomic E-state index is 12.5. The van der Waals surface area contributed by atoms with E-state index in [0.717, 1.165) is 5.56 Å². The number of hydrogen-bond acceptors (Lipinski definition) is 7. The molecule has 0 aliphatic carbocycles. The number of amides is 1. The lowest BCUT2D eigenvalue weighted by atomic mass is 10.1. The van der Waals surface area contributed by atoms with Crippen LogP contribution in [-0.4, -0.2) is 30.3 Å². The van der Waals surface area contributed by atoms with E-state index in [1.807, 2.05) is 37.3 Å². The van der Waals surface area contributed by atoms with Gasteiger partial charge in [-0.3, -0.25) is 5.32 Å². The van der Waals surface area contributed by atoms with Crippen LogP contribution in [0.1, 0.15) is 25.0 Å². The highest BCUT2D eigenvalue weighted by atomic mass is 35.5. The van der Waals surface area contributed by atoms with E-state index in [9.17, 15) is 4.79 Å². The fourth-order valence-corrected chi connectivity index (χ4v) is 3.75. The minimum Gasteiger partial charge on any atom is -0.493 e. The van der Waals surface area contributed by atoms with Gasteiger partial charge in [0.15, 0.2) is 11.5 Å². The molecule has 1 aromatic heterocycles. The Balaban J connectivity index is 1.50. The number of carbonyl (C=O) groups excluding carboxylic acids is 1. The molecule has 35 heavy (non-hydrogen) atoms. The maximum atomic E-state index is 12.5. The number of fused-ring (bicyclic) bond motifs is 1. The normalized spacial score (nSPS) is 11.5. The van der Waals surface area contributed by atoms with E-state index in [1.54, 1.807) is 44.6 Å². The van der Waals surface area contributed by atoms with Crippen LogP contribution < -0.4 is 19.5 Å². The van der Waals surface area contributed by atoms with E-state index in [2.05, 4.69) is 15.3 Å². The van der Waals surface area contributed by atoms with Crippen molar-refractivity contribution in [3.8, 4) is 23.1 Å². The fraction of sp³-hybridized carbons (Fsp3) is 0.192. The zero-order chi connectivity index (χ0) is 24.8. The molecule has 0 aliphatic heterocycles. The van der Waals surface area contributed by atoms with Crippen LogP contribution in [0.25, 0.3) is 10.9 Å². The van der Waals surface area contributed by atoms with E-state index in [1.165, 1.54) is 6.33 Å². The predicted molar refractivity (Wildman–Crippen MR) is 134 cm³/mol. The molecular weight excluding hydrogens is 470 g/mol. The summed E-state index contributed by atoms with van der Waals surface area (Å²) in [6.07, 6.45) is 1.08. The van der Waals surface area contributed by atoms with Crippen molar-refractivity contribution in [2.45, 2.75) is 19.4 Å². The Morgan fingerprint density at radius 2 is 1.74 bits per heavy atom. The summed E-state index contributed by atoms with van der Waals surface area (Å²) in [4.78, 5) is 21.0.